The molecule has 1 heterocycles. The Morgan fingerprint density at radius 3 is 2.46 bits per heavy atom. The molecule has 8 heteroatoms. The monoisotopic (exact) mass is 461 g/mol. The van der Waals surface area contributed by atoms with Crippen molar-refractivity contribution >= 4 is 44.9 Å². The molecule has 0 spiro atoms. The smallest absolute Gasteiger partial charge is 0.255 e. The largest absolute Gasteiger partial charge is 0.496 e. The highest BCUT2D eigenvalue weighted by Crippen LogP contribution is 2.39. The minimum Gasteiger partial charge on any atom is -0.496 e. The Morgan fingerprint density at radius 1 is 1.14 bits per heavy atom. The summed E-state index contributed by atoms with van der Waals surface area (Å²) in [5.41, 5.74) is 2.67. The van der Waals surface area contributed by atoms with E-state index in [-0.39, 0.29) is 5.91 Å². The summed E-state index contributed by atoms with van der Waals surface area (Å²) in [4.78, 5) is 13.1. The number of allylic oxidation sites excluding steroid dienone is 1. The van der Waals surface area contributed by atoms with E-state index in [2.05, 4.69) is 31.9 Å². The van der Waals surface area contributed by atoms with Crippen LogP contribution in [0, 0.1) is 0 Å². The van der Waals surface area contributed by atoms with E-state index in [0.29, 0.717) is 33.6 Å². The van der Waals surface area contributed by atoms with Crippen molar-refractivity contribution in [3.8, 4) is 11.5 Å². The maximum Gasteiger partial charge on any atom is 0.255 e. The zero-order valence-electron chi connectivity index (χ0n) is 15.6. The molecule has 0 aromatic heterocycles. The number of halogens is 1. The van der Waals surface area contributed by atoms with E-state index >= 15 is 0 Å². The van der Waals surface area contributed by atoms with Crippen LogP contribution in [0.25, 0.3) is 0 Å². The van der Waals surface area contributed by atoms with Crippen LogP contribution in [0.4, 0.5) is 5.69 Å². The Labute approximate surface area is 177 Å². The summed E-state index contributed by atoms with van der Waals surface area (Å²) in [6.07, 6.45) is 0. The normalized spacial score (nSPS) is 16.1. The standard InChI is InChI=1S/C20H20BrN3O3S/c1-11-17(19(25)23-12-7-5-4-6-8-12)18(24-20(28)22-11)13-9-14(21)16(27-3)10-15(13)26-2/h4-10,18H,1-3H3,(H,23,25)(H2,22,24,28)/t18-/m0/s1. The first kappa shape index (κ1) is 20.2. The number of carbonyl (C=O) groups is 1. The second kappa shape index (κ2) is 8.62. The van der Waals surface area contributed by atoms with E-state index in [1.54, 1.807) is 20.3 Å². The molecule has 0 saturated carbocycles. The lowest BCUT2D eigenvalue weighted by molar-refractivity contribution is -0.113. The van der Waals surface area contributed by atoms with Crippen LogP contribution >= 0.6 is 28.1 Å². The molecule has 0 unspecified atom stereocenters. The topological polar surface area (TPSA) is 71.6 Å². The van der Waals surface area contributed by atoms with E-state index < -0.39 is 6.04 Å². The lowest BCUT2D eigenvalue weighted by Gasteiger charge is -2.31. The third-order valence-electron chi connectivity index (χ3n) is 4.36. The van der Waals surface area contributed by atoms with Crippen molar-refractivity contribution in [2.75, 3.05) is 19.5 Å². The quantitative estimate of drug-likeness (QED) is 0.586. The number of para-hydroxylation sites is 1. The molecule has 1 aliphatic rings. The van der Waals surface area contributed by atoms with Gasteiger partial charge in [0.1, 0.15) is 11.5 Å². The first-order valence-electron chi connectivity index (χ1n) is 8.50. The fourth-order valence-corrected chi connectivity index (χ4v) is 3.85. The van der Waals surface area contributed by atoms with Gasteiger partial charge in [0.25, 0.3) is 5.91 Å². The number of thiocarbonyl (C=S) groups is 1. The predicted molar refractivity (Wildman–Crippen MR) is 117 cm³/mol. The molecule has 1 atom stereocenters. The maximum atomic E-state index is 13.1. The third kappa shape index (κ3) is 4.13. The van der Waals surface area contributed by atoms with Gasteiger partial charge in [-0.15, -0.1) is 0 Å². The van der Waals surface area contributed by atoms with Crippen molar-refractivity contribution in [2.45, 2.75) is 13.0 Å². The van der Waals surface area contributed by atoms with Crippen LogP contribution in [0.1, 0.15) is 18.5 Å². The molecule has 2 aromatic carbocycles. The Hall–Kier alpha value is -2.58. The highest BCUT2D eigenvalue weighted by atomic mass is 79.9. The van der Waals surface area contributed by atoms with Gasteiger partial charge < -0.3 is 25.4 Å². The molecule has 0 saturated heterocycles. The van der Waals surface area contributed by atoms with Crippen LogP contribution in [0.5, 0.6) is 11.5 Å². The summed E-state index contributed by atoms with van der Waals surface area (Å²) in [6.45, 7) is 1.82. The van der Waals surface area contributed by atoms with E-state index in [4.69, 9.17) is 21.7 Å². The molecule has 0 aliphatic carbocycles. The van der Waals surface area contributed by atoms with Gasteiger partial charge in [0, 0.05) is 23.0 Å². The van der Waals surface area contributed by atoms with Crippen LogP contribution in [-0.4, -0.2) is 25.2 Å². The minimum absolute atomic E-state index is 0.231. The predicted octanol–water partition coefficient (Wildman–Crippen LogP) is 3.90. The van der Waals surface area contributed by atoms with Gasteiger partial charge in [0.2, 0.25) is 0 Å². The first-order valence-corrected chi connectivity index (χ1v) is 9.70. The Kier molecular flexibility index (Phi) is 6.21. The van der Waals surface area contributed by atoms with Crippen LogP contribution in [0.2, 0.25) is 0 Å². The van der Waals surface area contributed by atoms with Crippen molar-refractivity contribution in [3.05, 3.63) is 63.8 Å². The molecule has 0 fully saturated rings. The van der Waals surface area contributed by atoms with Crippen molar-refractivity contribution in [1.29, 1.82) is 0 Å². The Morgan fingerprint density at radius 2 is 1.82 bits per heavy atom. The van der Waals surface area contributed by atoms with Crippen LogP contribution in [-0.2, 0) is 4.79 Å². The van der Waals surface area contributed by atoms with E-state index in [1.165, 1.54) is 0 Å². The molecule has 0 radical (unpaired) electrons. The number of hydrogen-bond acceptors (Lipinski definition) is 4. The summed E-state index contributed by atoms with van der Waals surface area (Å²) in [5.74, 6) is 0.985. The van der Waals surface area contributed by atoms with Crippen LogP contribution < -0.4 is 25.4 Å². The second-order valence-corrected chi connectivity index (χ2v) is 7.38. The molecule has 1 amide bonds. The van der Waals surface area contributed by atoms with Gasteiger partial charge in [0.05, 0.1) is 30.3 Å². The third-order valence-corrected chi connectivity index (χ3v) is 5.20. The summed E-state index contributed by atoms with van der Waals surface area (Å²) in [6, 6.07) is 12.4. The average Bonchev–Trinajstić information content (AvgIpc) is 2.67. The lowest BCUT2D eigenvalue weighted by atomic mass is 9.94. The van der Waals surface area contributed by atoms with Gasteiger partial charge in [-0.3, -0.25) is 4.79 Å². The van der Waals surface area contributed by atoms with Gasteiger partial charge in [-0.25, -0.2) is 0 Å². The number of amides is 1. The van der Waals surface area contributed by atoms with E-state index in [0.717, 1.165) is 10.0 Å². The average molecular weight is 462 g/mol. The number of rotatable bonds is 5. The molecule has 3 rings (SSSR count). The van der Waals surface area contributed by atoms with Gasteiger partial charge in [0.15, 0.2) is 5.11 Å². The molecule has 28 heavy (non-hydrogen) atoms. The zero-order chi connectivity index (χ0) is 20.3. The minimum atomic E-state index is -0.491. The van der Waals surface area contributed by atoms with E-state index in [1.807, 2.05) is 43.3 Å². The summed E-state index contributed by atoms with van der Waals surface area (Å²) in [7, 11) is 3.16. The molecule has 0 bridgehead atoms. The fourth-order valence-electron chi connectivity index (χ4n) is 3.06. The van der Waals surface area contributed by atoms with Crippen molar-refractivity contribution in [3.63, 3.8) is 0 Å². The summed E-state index contributed by atoms with van der Waals surface area (Å²) in [5, 5.41) is 9.58. The summed E-state index contributed by atoms with van der Waals surface area (Å²) >= 11 is 8.83. The molecule has 2 aromatic rings. The van der Waals surface area contributed by atoms with Crippen molar-refractivity contribution in [2.24, 2.45) is 0 Å². The van der Waals surface area contributed by atoms with Crippen LogP contribution in [0.3, 0.4) is 0 Å². The first-order chi connectivity index (χ1) is 13.4. The van der Waals surface area contributed by atoms with Crippen LogP contribution in [0.15, 0.2) is 58.2 Å². The number of anilines is 1. The fraction of sp³-hybridized carbons (Fsp3) is 0.200. The van der Waals surface area contributed by atoms with Gasteiger partial charge in [-0.2, -0.15) is 0 Å². The number of ether oxygens (including phenoxy) is 2. The highest BCUT2D eigenvalue weighted by molar-refractivity contribution is 9.10. The second-order valence-electron chi connectivity index (χ2n) is 6.12. The SMILES string of the molecule is COc1cc(OC)c([C@@H]2NC(=S)NC(C)=C2C(=O)Nc2ccccc2)cc1Br. The Bertz CT molecular complexity index is 947. The number of carbonyl (C=O) groups excluding carboxylic acids is 1. The highest BCUT2D eigenvalue weighted by Gasteiger charge is 2.32. The molecular formula is C20H20BrN3O3S. The van der Waals surface area contributed by atoms with Gasteiger partial charge >= 0.3 is 0 Å². The Balaban J connectivity index is 2.05. The number of benzene rings is 2. The molecule has 1 aliphatic heterocycles. The van der Waals surface area contributed by atoms with Gasteiger partial charge in [-0.05, 0) is 53.3 Å². The van der Waals surface area contributed by atoms with Crippen molar-refractivity contribution < 1.29 is 14.3 Å². The summed E-state index contributed by atoms with van der Waals surface area (Å²) < 4.78 is 11.7. The van der Waals surface area contributed by atoms with Gasteiger partial charge in [-0.1, -0.05) is 18.2 Å². The maximum absolute atomic E-state index is 13.1. The number of hydrogen-bond donors (Lipinski definition) is 3. The lowest BCUT2D eigenvalue weighted by Crippen LogP contribution is -2.45. The molecule has 6 nitrogen and oxygen atoms in total. The molecular weight excluding hydrogens is 442 g/mol. The molecule has 146 valence electrons. The van der Waals surface area contributed by atoms with E-state index in [9.17, 15) is 4.79 Å². The molecule has 3 N–H and O–H groups in total. The number of methoxy groups -OCH3 is 2. The number of nitrogens with one attached hydrogen (secondary N) is 3. The van der Waals surface area contributed by atoms with Crippen molar-refractivity contribution in [1.82, 2.24) is 10.6 Å². The zero-order valence-corrected chi connectivity index (χ0v) is 18.0.